The van der Waals surface area contributed by atoms with Crippen LogP contribution in [0.25, 0.3) is 5.57 Å². The zero-order chi connectivity index (χ0) is 22.4. The predicted molar refractivity (Wildman–Crippen MR) is 118 cm³/mol. The summed E-state index contributed by atoms with van der Waals surface area (Å²) < 4.78 is 24.3. The number of benzene rings is 3. The van der Waals surface area contributed by atoms with Crippen LogP contribution in [0.1, 0.15) is 16.7 Å². The van der Waals surface area contributed by atoms with Gasteiger partial charge in [-0.15, -0.1) is 0 Å². The standard InChI is InChI=1S/C25H19FN2O4/c1-14-4-3-5-19(15(14)2)28-24(29)22(16-6-8-17(26)9-7-16)23(25(28)30)27-18-10-11-20-21(12-18)32-13-31-20/h3-12,27H,13H2,1-2H3. The highest BCUT2D eigenvalue weighted by Gasteiger charge is 2.41. The van der Waals surface area contributed by atoms with Crippen LogP contribution in [-0.2, 0) is 9.59 Å². The van der Waals surface area contributed by atoms with Crippen LogP contribution in [0.3, 0.4) is 0 Å². The van der Waals surface area contributed by atoms with Gasteiger partial charge in [-0.05, 0) is 60.9 Å². The molecule has 160 valence electrons. The van der Waals surface area contributed by atoms with Gasteiger partial charge in [0.2, 0.25) is 6.79 Å². The number of aryl methyl sites for hydroxylation is 1. The predicted octanol–water partition coefficient (Wildman–Crippen LogP) is 4.57. The molecular weight excluding hydrogens is 411 g/mol. The number of halogens is 1. The third-order valence-corrected chi connectivity index (χ3v) is 5.68. The van der Waals surface area contributed by atoms with E-state index < -0.39 is 17.6 Å². The van der Waals surface area contributed by atoms with Crippen LogP contribution in [0.15, 0.2) is 66.4 Å². The molecule has 0 saturated heterocycles. The van der Waals surface area contributed by atoms with Gasteiger partial charge in [0.15, 0.2) is 11.5 Å². The topological polar surface area (TPSA) is 67.9 Å². The van der Waals surface area contributed by atoms with E-state index in [1.54, 1.807) is 30.3 Å². The van der Waals surface area contributed by atoms with Crippen LogP contribution in [0.2, 0.25) is 0 Å². The van der Waals surface area contributed by atoms with Gasteiger partial charge in [0.25, 0.3) is 11.8 Å². The molecule has 1 N–H and O–H groups in total. The van der Waals surface area contributed by atoms with E-state index in [9.17, 15) is 14.0 Å². The Kier molecular flexibility index (Phi) is 4.66. The Balaban J connectivity index is 1.62. The highest BCUT2D eigenvalue weighted by atomic mass is 19.1. The molecule has 2 heterocycles. The second kappa shape index (κ2) is 7.53. The molecule has 2 aliphatic rings. The lowest BCUT2D eigenvalue weighted by Gasteiger charge is -2.19. The van der Waals surface area contributed by atoms with Crippen molar-refractivity contribution in [3.8, 4) is 11.5 Å². The molecule has 2 amide bonds. The fraction of sp³-hybridized carbons (Fsp3) is 0.120. The maximum Gasteiger partial charge on any atom is 0.282 e. The van der Waals surface area contributed by atoms with Crippen molar-refractivity contribution in [2.75, 3.05) is 17.0 Å². The first kappa shape index (κ1) is 19.8. The van der Waals surface area contributed by atoms with Crippen LogP contribution in [0.5, 0.6) is 11.5 Å². The van der Waals surface area contributed by atoms with Gasteiger partial charge >= 0.3 is 0 Å². The molecule has 0 saturated carbocycles. The smallest absolute Gasteiger partial charge is 0.282 e. The van der Waals surface area contributed by atoms with Crippen molar-refractivity contribution < 1.29 is 23.5 Å². The molecule has 6 nitrogen and oxygen atoms in total. The monoisotopic (exact) mass is 430 g/mol. The number of hydrogen-bond acceptors (Lipinski definition) is 5. The number of rotatable bonds is 4. The van der Waals surface area contributed by atoms with Crippen molar-refractivity contribution in [1.29, 1.82) is 0 Å². The van der Waals surface area contributed by atoms with Gasteiger partial charge in [0.05, 0.1) is 11.3 Å². The van der Waals surface area contributed by atoms with Gasteiger partial charge in [-0.2, -0.15) is 0 Å². The SMILES string of the molecule is Cc1cccc(N2C(=O)C(Nc3ccc4c(c3)OCO4)=C(c3ccc(F)cc3)C2=O)c1C. The van der Waals surface area contributed by atoms with E-state index in [4.69, 9.17) is 9.47 Å². The lowest BCUT2D eigenvalue weighted by atomic mass is 10.0. The molecule has 0 fully saturated rings. The Labute approximate surface area is 183 Å². The second-order valence-electron chi connectivity index (χ2n) is 7.61. The molecule has 7 heteroatoms. The van der Waals surface area contributed by atoms with Crippen LogP contribution >= 0.6 is 0 Å². The third-order valence-electron chi connectivity index (χ3n) is 5.68. The summed E-state index contributed by atoms with van der Waals surface area (Å²) in [4.78, 5) is 28.2. The molecule has 3 aromatic rings. The summed E-state index contributed by atoms with van der Waals surface area (Å²) >= 11 is 0. The van der Waals surface area contributed by atoms with Gasteiger partial charge in [-0.25, -0.2) is 9.29 Å². The number of hydrogen-bond donors (Lipinski definition) is 1. The first-order valence-electron chi connectivity index (χ1n) is 10.1. The normalized spacial score (nSPS) is 15.0. The van der Waals surface area contributed by atoms with Crippen molar-refractivity contribution in [2.24, 2.45) is 0 Å². The summed E-state index contributed by atoms with van der Waals surface area (Å²) in [6, 6.07) is 16.1. The highest BCUT2D eigenvalue weighted by molar-refractivity contribution is 6.46. The maximum absolute atomic E-state index is 13.5. The average Bonchev–Trinajstić information content (AvgIpc) is 3.34. The number of amides is 2. The van der Waals surface area contributed by atoms with Crippen molar-refractivity contribution in [3.63, 3.8) is 0 Å². The molecule has 0 unspecified atom stereocenters. The van der Waals surface area contributed by atoms with Gasteiger partial charge < -0.3 is 14.8 Å². The molecule has 0 spiro atoms. The Morgan fingerprint density at radius 2 is 1.66 bits per heavy atom. The first-order valence-corrected chi connectivity index (χ1v) is 10.1. The Morgan fingerprint density at radius 3 is 2.44 bits per heavy atom. The minimum atomic E-state index is -0.485. The largest absolute Gasteiger partial charge is 0.454 e. The minimum absolute atomic E-state index is 0.112. The molecule has 2 aliphatic heterocycles. The number of carbonyl (C=O) groups excluding carboxylic acids is 2. The van der Waals surface area contributed by atoms with Crippen molar-refractivity contribution >= 4 is 28.8 Å². The number of anilines is 2. The van der Waals surface area contributed by atoms with E-state index in [2.05, 4.69) is 5.32 Å². The summed E-state index contributed by atoms with van der Waals surface area (Å²) in [5, 5.41) is 3.09. The van der Waals surface area contributed by atoms with Crippen molar-refractivity contribution in [2.45, 2.75) is 13.8 Å². The van der Waals surface area contributed by atoms with E-state index in [1.165, 1.54) is 24.3 Å². The Bertz CT molecular complexity index is 1300. The lowest BCUT2D eigenvalue weighted by molar-refractivity contribution is -0.120. The fourth-order valence-electron chi connectivity index (χ4n) is 3.85. The van der Waals surface area contributed by atoms with Crippen molar-refractivity contribution in [1.82, 2.24) is 0 Å². The number of ether oxygens (including phenoxy) is 2. The summed E-state index contributed by atoms with van der Waals surface area (Å²) in [6.07, 6.45) is 0. The summed E-state index contributed by atoms with van der Waals surface area (Å²) in [6.45, 7) is 3.91. The summed E-state index contributed by atoms with van der Waals surface area (Å²) in [5.74, 6) is -0.238. The summed E-state index contributed by atoms with van der Waals surface area (Å²) in [5.41, 5.74) is 3.60. The van der Waals surface area contributed by atoms with Gasteiger partial charge in [-0.3, -0.25) is 9.59 Å². The number of carbonyl (C=O) groups is 2. The molecule has 0 radical (unpaired) electrons. The van der Waals surface area contributed by atoms with Crippen LogP contribution in [-0.4, -0.2) is 18.6 Å². The first-order chi connectivity index (χ1) is 15.4. The second-order valence-corrected chi connectivity index (χ2v) is 7.61. The van der Waals surface area contributed by atoms with Crippen LogP contribution in [0, 0.1) is 19.7 Å². The molecule has 0 aromatic heterocycles. The molecular formula is C25H19FN2O4. The number of fused-ring (bicyclic) bond motifs is 1. The van der Waals surface area contributed by atoms with E-state index in [0.717, 1.165) is 16.0 Å². The lowest BCUT2D eigenvalue weighted by Crippen LogP contribution is -2.33. The van der Waals surface area contributed by atoms with Crippen LogP contribution in [0.4, 0.5) is 15.8 Å². The van der Waals surface area contributed by atoms with Gasteiger partial charge in [-0.1, -0.05) is 24.3 Å². The molecule has 32 heavy (non-hydrogen) atoms. The maximum atomic E-state index is 13.5. The zero-order valence-corrected chi connectivity index (χ0v) is 17.4. The molecule has 3 aromatic carbocycles. The summed E-state index contributed by atoms with van der Waals surface area (Å²) in [7, 11) is 0. The zero-order valence-electron chi connectivity index (χ0n) is 17.4. The Morgan fingerprint density at radius 1 is 0.906 bits per heavy atom. The van der Waals surface area contributed by atoms with Gasteiger partial charge in [0.1, 0.15) is 11.5 Å². The van der Waals surface area contributed by atoms with E-state index >= 15 is 0 Å². The number of nitrogens with one attached hydrogen (secondary N) is 1. The minimum Gasteiger partial charge on any atom is -0.454 e. The van der Waals surface area contributed by atoms with E-state index in [-0.39, 0.29) is 18.1 Å². The number of nitrogens with zero attached hydrogens (tertiary/aromatic N) is 1. The Hall–Kier alpha value is -4.13. The van der Waals surface area contributed by atoms with Crippen molar-refractivity contribution in [3.05, 3.63) is 88.9 Å². The fourth-order valence-corrected chi connectivity index (χ4v) is 3.85. The third kappa shape index (κ3) is 3.19. The average molecular weight is 430 g/mol. The molecule has 0 bridgehead atoms. The van der Waals surface area contributed by atoms with E-state index in [0.29, 0.717) is 28.4 Å². The van der Waals surface area contributed by atoms with Gasteiger partial charge in [0, 0.05) is 11.8 Å². The quantitative estimate of drug-likeness (QED) is 0.615. The highest BCUT2D eigenvalue weighted by Crippen LogP contribution is 2.38. The molecule has 0 aliphatic carbocycles. The van der Waals surface area contributed by atoms with E-state index in [1.807, 2.05) is 19.9 Å². The molecule has 0 atom stereocenters. The molecule has 5 rings (SSSR count). The van der Waals surface area contributed by atoms with Crippen LogP contribution < -0.4 is 19.7 Å². The number of imide groups is 1.